The molecule has 138 valence electrons. The zero-order valence-electron chi connectivity index (χ0n) is 15.3. The van der Waals surface area contributed by atoms with E-state index in [1.165, 1.54) is 6.92 Å². The molecule has 7 heteroatoms. The minimum Gasteiger partial charge on any atom is -0.494 e. The highest BCUT2D eigenvalue weighted by atomic mass is 79.9. The number of hydrogen-bond donors (Lipinski definition) is 1. The highest BCUT2D eigenvalue weighted by Gasteiger charge is 2.29. The van der Waals surface area contributed by atoms with Gasteiger partial charge < -0.3 is 9.52 Å². The summed E-state index contributed by atoms with van der Waals surface area (Å²) in [6.45, 7) is 6.61. The van der Waals surface area contributed by atoms with Crippen LogP contribution in [0.4, 0.5) is 0 Å². The number of fused-ring (bicyclic) bond motifs is 1. The van der Waals surface area contributed by atoms with Crippen molar-refractivity contribution >= 4 is 32.7 Å². The average Bonchev–Trinajstić information content (AvgIpc) is 2.91. The number of aromatic hydroxyl groups is 1. The van der Waals surface area contributed by atoms with Gasteiger partial charge in [-0.2, -0.15) is 5.26 Å². The quantitative estimate of drug-likeness (QED) is 0.624. The zero-order valence-corrected chi connectivity index (χ0v) is 16.8. The third-order valence-corrected chi connectivity index (χ3v) is 5.09. The van der Waals surface area contributed by atoms with Crippen molar-refractivity contribution in [1.29, 1.82) is 5.26 Å². The van der Waals surface area contributed by atoms with Gasteiger partial charge in [0.25, 0.3) is 5.56 Å². The van der Waals surface area contributed by atoms with Crippen LogP contribution in [0, 0.1) is 25.2 Å². The number of rotatable bonds is 3. The van der Waals surface area contributed by atoms with E-state index in [4.69, 9.17) is 4.42 Å². The van der Waals surface area contributed by atoms with Crippen molar-refractivity contribution in [2.45, 2.75) is 33.7 Å². The monoisotopic (exact) mass is 428 g/mol. The molecule has 0 aliphatic heterocycles. The molecule has 0 aliphatic rings. The van der Waals surface area contributed by atoms with Gasteiger partial charge in [-0.05, 0) is 51.5 Å². The zero-order chi connectivity index (χ0) is 20.0. The standard InChI is InChI=1S/C20H17BrN2O4/c1-9(2)23-19(25)14(8-22)10(3)16(20(23)26)17(24)18-11(4)13-7-12(21)5-6-15(13)27-18/h5-7,9,26H,1-4H3. The van der Waals surface area contributed by atoms with E-state index in [2.05, 4.69) is 15.9 Å². The van der Waals surface area contributed by atoms with Crippen molar-refractivity contribution < 1.29 is 14.3 Å². The van der Waals surface area contributed by atoms with E-state index in [1.807, 2.05) is 12.1 Å². The molecule has 6 nitrogen and oxygen atoms in total. The van der Waals surface area contributed by atoms with Gasteiger partial charge in [0.2, 0.25) is 11.7 Å². The number of aromatic nitrogens is 1. The third kappa shape index (κ3) is 2.86. The van der Waals surface area contributed by atoms with Crippen molar-refractivity contribution in [2.75, 3.05) is 0 Å². The van der Waals surface area contributed by atoms with Crippen LogP contribution in [0.3, 0.4) is 0 Å². The SMILES string of the molecule is Cc1c(C(=O)c2oc3ccc(Br)cc3c2C)c(O)n(C(C)C)c(=O)c1C#N. The number of ketones is 1. The molecule has 0 aliphatic carbocycles. The highest BCUT2D eigenvalue weighted by Crippen LogP contribution is 2.33. The maximum atomic E-state index is 13.2. The largest absolute Gasteiger partial charge is 0.494 e. The van der Waals surface area contributed by atoms with E-state index in [-0.39, 0.29) is 22.5 Å². The Hall–Kier alpha value is -2.85. The van der Waals surface area contributed by atoms with Crippen molar-refractivity contribution in [3.8, 4) is 11.9 Å². The molecule has 0 radical (unpaired) electrons. The molecule has 0 saturated carbocycles. The second-order valence-electron chi connectivity index (χ2n) is 6.61. The first-order valence-corrected chi connectivity index (χ1v) is 9.09. The average molecular weight is 429 g/mol. The Kier molecular flexibility index (Phi) is 4.70. The topological polar surface area (TPSA) is 96.2 Å². The molecular formula is C20H17BrN2O4. The van der Waals surface area contributed by atoms with Crippen LogP contribution in [0.1, 0.15) is 52.7 Å². The Labute approximate surface area is 163 Å². The van der Waals surface area contributed by atoms with E-state index in [0.717, 1.165) is 14.4 Å². The number of aryl methyl sites for hydroxylation is 1. The summed E-state index contributed by atoms with van der Waals surface area (Å²) in [5, 5.41) is 20.8. The normalized spacial score (nSPS) is 11.1. The Morgan fingerprint density at radius 2 is 1.96 bits per heavy atom. The van der Waals surface area contributed by atoms with Crippen LogP contribution in [-0.2, 0) is 0 Å². The Morgan fingerprint density at radius 3 is 2.56 bits per heavy atom. The minimum atomic E-state index is -0.621. The van der Waals surface area contributed by atoms with Gasteiger partial charge in [0.1, 0.15) is 17.2 Å². The predicted octanol–water partition coefficient (Wildman–Crippen LogP) is 4.36. The number of nitriles is 1. The number of benzene rings is 1. The van der Waals surface area contributed by atoms with Gasteiger partial charge in [-0.15, -0.1) is 0 Å². The van der Waals surface area contributed by atoms with Crippen LogP contribution < -0.4 is 5.56 Å². The van der Waals surface area contributed by atoms with Crippen molar-refractivity contribution in [3.63, 3.8) is 0 Å². The van der Waals surface area contributed by atoms with Gasteiger partial charge in [0.05, 0.1) is 5.56 Å². The molecule has 27 heavy (non-hydrogen) atoms. The van der Waals surface area contributed by atoms with E-state index >= 15 is 0 Å². The lowest BCUT2D eigenvalue weighted by atomic mass is 9.98. The molecular weight excluding hydrogens is 412 g/mol. The molecule has 0 saturated heterocycles. The summed E-state index contributed by atoms with van der Waals surface area (Å²) in [6.07, 6.45) is 0. The smallest absolute Gasteiger partial charge is 0.271 e. The Balaban J connectivity index is 2.33. The fraction of sp³-hybridized carbons (Fsp3) is 0.250. The van der Waals surface area contributed by atoms with Crippen LogP contribution in [0.15, 0.2) is 31.9 Å². The first kappa shape index (κ1) is 18.9. The highest BCUT2D eigenvalue weighted by molar-refractivity contribution is 9.10. The van der Waals surface area contributed by atoms with Crippen molar-refractivity contribution in [2.24, 2.45) is 0 Å². The fourth-order valence-electron chi connectivity index (χ4n) is 3.20. The van der Waals surface area contributed by atoms with E-state index in [9.17, 15) is 20.0 Å². The number of nitrogens with zero attached hydrogens (tertiary/aromatic N) is 2. The second kappa shape index (κ2) is 6.71. The summed E-state index contributed by atoms with van der Waals surface area (Å²) >= 11 is 3.39. The Bertz CT molecular complexity index is 1200. The molecule has 0 spiro atoms. The fourth-order valence-corrected chi connectivity index (χ4v) is 3.56. The van der Waals surface area contributed by atoms with Gasteiger partial charge in [-0.25, -0.2) is 0 Å². The first-order chi connectivity index (χ1) is 12.7. The molecule has 1 aromatic carbocycles. The molecule has 0 atom stereocenters. The molecule has 3 aromatic rings. The summed E-state index contributed by atoms with van der Waals surface area (Å²) in [5.41, 5.74) is 0.416. The predicted molar refractivity (Wildman–Crippen MR) is 104 cm³/mol. The lowest BCUT2D eigenvalue weighted by molar-refractivity contribution is 0.100. The molecule has 0 fully saturated rings. The van der Waals surface area contributed by atoms with Crippen LogP contribution in [0.25, 0.3) is 11.0 Å². The summed E-state index contributed by atoms with van der Waals surface area (Å²) in [7, 11) is 0. The number of furan rings is 1. The van der Waals surface area contributed by atoms with Gasteiger partial charge in [0, 0.05) is 21.5 Å². The summed E-state index contributed by atoms with van der Waals surface area (Å²) in [6, 6.07) is 6.80. The summed E-state index contributed by atoms with van der Waals surface area (Å²) in [4.78, 5) is 25.7. The molecule has 3 rings (SSSR count). The Morgan fingerprint density at radius 1 is 1.30 bits per heavy atom. The van der Waals surface area contributed by atoms with Gasteiger partial charge in [-0.1, -0.05) is 15.9 Å². The number of carbonyl (C=O) groups is 1. The first-order valence-electron chi connectivity index (χ1n) is 8.30. The van der Waals surface area contributed by atoms with Crippen LogP contribution >= 0.6 is 15.9 Å². The van der Waals surface area contributed by atoms with Gasteiger partial charge >= 0.3 is 0 Å². The number of carbonyl (C=O) groups excluding carboxylic acids is 1. The number of hydrogen-bond acceptors (Lipinski definition) is 5. The molecule has 0 bridgehead atoms. The molecule has 2 heterocycles. The van der Waals surface area contributed by atoms with E-state index in [1.54, 1.807) is 32.9 Å². The molecule has 0 amide bonds. The summed E-state index contributed by atoms with van der Waals surface area (Å²) < 4.78 is 7.63. The maximum Gasteiger partial charge on any atom is 0.271 e. The van der Waals surface area contributed by atoms with Crippen molar-refractivity contribution in [1.82, 2.24) is 4.57 Å². The number of halogens is 1. The second-order valence-corrected chi connectivity index (χ2v) is 7.52. The number of pyridine rings is 1. The minimum absolute atomic E-state index is 0.0688. The molecule has 1 N–H and O–H groups in total. The van der Waals surface area contributed by atoms with E-state index < -0.39 is 23.3 Å². The van der Waals surface area contributed by atoms with E-state index in [0.29, 0.717) is 11.1 Å². The molecule has 0 unspecified atom stereocenters. The van der Waals surface area contributed by atoms with Crippen molar-refractivity contribution in [3.05, 3.63) is 61.0 Å². The lowest BCUT2D eigenvalue weighted by Crippen LogP contribution is -2.28. The van der Waals surface area contributed by atoms with Crippen LogP contribution in [-0.4, -0.2) is 15.5 Å². The maximum absolute atomic E-state index is 13.2. The summed E-state index contributed by atoms with van der Waals surface area (Å²) in [5.74, 6) is -0.961. The van der Waals surface area contributed by atoms with Gasteiger partial charge in [0.15, 0.2) is 5.76 Å². The van der Waals surface area contributed by atoms with Crippen LogP contribution in [0.2, 0.25) is 0 Å². The molecule has 2 aromatic heterocycles. The third-order valence-electron chi connectivity index (χ3n) is 4.59. The van der Waals surface area contributed by atoms with Gasteiger partial charge in [-0.3, -0.25) is 14.2 Å². The lowest BCUT2D eigenvalue weighted by Gasteiger charge is -2.17. The van der Waals surface area contributed by atoms with Crippen LogP contribution in [0.5, 0.6) is 5.88 Å².